The van der Waals surface area contributed by atoms with E-state index < -0.39 is 11.9 Å². The number of rotatable bonds is 5. The van der Waals surface area contributed by atoms with E-state index in [-0.39, 0.29) is 12.5 Å². The maximum atomic E-state index is 14.0. The van der Waals surface area contributed by atoms with Crippen molar-refractivity contribution in [1.82, 2.24) is 10.3 Å². The minimum absolute atomic E-state index is 0.0736. The lowest BCUT2D eigenvalue weighted by Gasteiger charge is -2.13. The van der Waals surface area contributed by atoms with Crippen molar-refractivity contribution in [3.8, 4) is 11.1 Å². The molecule has 1 unspecified atom stereocenters. The summed E-state index contributed by atoms with van der Waals surface area (Å²) in [5, 5.41) is 12.9. The van der Waals surface area contributed by atoms with Gasteiger partial charge in [-0.15, -0.1) is 0 Å². The number of H-pyrrole nitrogens is 1. The van der Waals surface area contributed by atoms with Crippen LogP contribution in [0.1, 0.15) is 27.6 Å². The zero-order chi connectivity index (χ0) is 17.8. The van der Waals surface area contributed by atoms with E-state index in [0.29, 0.717) is 16.7 Å². The average molecular weight is 338 g/mol. The van der Waals surface area contributed by atoms with Crippen LogP contribution < -0.4 is 5.32 Å². The van der Waals surface area contributed by atoms with Crippen LogP contribution in [0.4, 0.5) is 4.39 Å². The second-order valence-electron chi connectivity index (χ2n) is 5.90. The molecule has 0 aliphatic rings. The maximum Gasteiger partial charge on any atom is 0.253 e. The Morgan fingerprint density at radius 2 is 1.96 bits per heavy atom. The lowest BCUT2D eigenvalue weighted by molar-refractivity contribution is 0.0917. The molecule has 0 fully saturated rings. The maximum absolute atomic E-state index is 14.0. The summed E-state index contributed by atoms with van der Waals surface area (Å²) in [6.45, 7) is 2.01. The SMILES string of the molecule is Cc1cccc(C(O)CNC(=O)c2c[nH]cc2-c2ccccc2F)c1. The van der Waals surface area contributed by atoms with Gasteiger partial charge in [0.05, 0.1) is 11.7 Å². The zero-order valence-electron chi connectivity index (χ0n) is 13.8. The predicted molar refractivity (Wildman–Crippen MR) is 94.7 cm³/mol. The van der Waals surface area contributed by atoms with Crippen molar-refractivity contribution >= 4 is 5.91 Å². The van der Waals surface area contributed by atoms with Crippen LogP contribution in [0.5, 0.6) is 0 Å². The Hall–Kier alpha value is -2.92. The topological polar surface area (TPSA) is 65.1 Å². The summed E-state index contributed by atoms with van der Waals surface area (Å²) in [6, 6.07) is 13.8. The van der Waals surface area contributed by atoms with Gasteiger partial charge in [0.25, 0.3) is 5.91 Å². The lowest BCUT2D eigenvalue weighted by atomic mass is 10.0. The fraction of sp³-hybridized carbons (Fsp3) is 0.150. The van der Waals surface area contributed by atoms with Crippen molar-refractivity contribution in [3.63, 3.8) is 0 Å². The monoisotopic (exact) mass is 338 g/mol. The predicted octanol–water partition coefficient (Wildman–Crippen LogP) is 3.59. The Kier molecular flexibility index (Phi) is 4.95. The van der Waals surface area contributed by atoms with Crippen LogP contribution in [0.15, 0.2) is 60.9 Å². The number of aliphatic hydroxyl groups is 1. The Labute approximate surface area is 145 Å². The molecular weight excluding hydrogens is 319 g/mol. The highest BCUT2D eigenvalue weighted by molar-refractivity contribution is 6.00. The van der Waals surface area contributed by atoms with E-state index in [4.69, 9.17) is 0 Å². The van der Waals surface area contributed by atoms with Gasteiger partial charge < -0.3 is 15.4 Å². The summed E-state index contributed by atoms with van der Waals surface area (Å²) < 4.78 is 14.0. The number of hydrogen-bond acceptors (Lipinski definition) is 2. The highest BCUT2D eigenvalue weighted by Crippen LogP contribution is 2.26. The minimum Gasteiger partial charge on any atom is -0.387 e. The Balaban J connectivity index is 1.73. The van der Waals surface area contributed by atoms with Gasteiger partial charge in [-0.2, -0.15) is 0 Å². The molecule has 3 N–H and O–H groups in total. The molecule has 1 atom stereocenters. The lowest BCUT2D eigenvalue weighted by Crippen LogP contribution is -2.28. The number of carbonyl (C=O) groups excluding carboxylic acids is 1. The first-order chi connectivity index (χ1) is 12.1. The number of benzene rings is 2. The van der Waals surface area contributed by atoms with Crippen LogP contribution in [0.3, 0.4) is 0 Å². The van der Waals surface area contributed by atoms with Crippen LogP contribution >= 0.6 is 0 Å². The van der Waals surface area contributed by atoms with Crippen LogP contribution in [0.25, 0.3) is 11.1 Å². The van der Waals surface area contributed by atoms with Gasteiger partial charge in [-0.05, 0) is 18.6 Å². The molecule has 1 heterocycles. The number of amides is 1. The molecule has 2 aromatic carbocycles. The molecule has 0 aliphatic heterocycles. The number of nitrogens with one attached hydrogen (secondary N) is 2. The summed E-state index contributed by atoms with van der Waals surface area (Å²) in [5.41, 5.74) is 2.95. The number of aryl methyl sites for hydroxylation is 1. The van der Waals surface area contributed by atoms with E-state index in [2.05, 4.69) is 10.3 Å². The highest BCUT2D eigenvalue weighted by Gasteiger charge is 2.17. The molecule has 3 aromatic rings. The van der Waals surface area contributed by atoms with Crippen molar-refractivity contribution in [3.05, 3.63) is 83.4 Å². The van der Waals surface area contributed by atoms with Crippen LogP contribution in [-0.2, 0) is 0 Å². The third-order valence-corrected chi connectivity index (χ3v) is 4.04. The van der Waals surface area contributed by atoms with Gasteiger partial charge in [0.15, 0.2) is 0 Å². The summed E-state index contributed by atoms with van der Waals surface area (Å²) in [6.07, 6.45) is 2.31. The molecule has 0 aliphatic carbocycles. The molecule has 1 amide bonds. The van der Waals surface area contributed by atoms with Gasteiger partial charge in [-0.1, -0.05) is 48.0 Å². The Morgan fingerprint density at radius 1 is 1.16 bits per heavy atom. The third-order valence-electron chi connectivity index (χ3n) is 4.04. The van der Waals surface area contributed by atoms with Gasteiger partial charge in [-0.25, -0.2) is 4.39 Å². The van der Waals surface area contributed by atoms with E-state index in [0.717, 1.165) is 11.1 Å². The summed E-state index contributed by atoms with van der Waals surface area (Å²) in [5.74, 6) is -0.762. The molecule has 4 nitrogen and oxygen atoms in total. The fourth-order valence-electron chi connectivity index (χ4n) is 2.73. The molecule has 5 heteroatoms. The zero-order valence-corrected chi connectivity index (χ0v) is 13.8. The van der Waals surface area contributed by atoms with Crippen LogP contribution in [-0.4, -0.2) is 22.5 Å². The minimum atomic E-state index is -0.806. The second kappa shape index (κ2) is 7.32. The third kappa shape index (κ3) is 3.78. The van der Waals surface area contributed by atoms with Crippen LogP contribution in [0, 0.1) is 12.7 Å². The average Bonchev–Trinajstić information content (AvgIpc) is 3.09. The van der Waals surface area contributed by atoms with Gasteiger partial charge in [0, 0.05) is 30.1 Å². The normalized spacial score (nSPS) is 12.0. The largest absolute Gasteiger partial charge is 0.387 e. The van der Waals surface area contributed by atoms with E-state index in [9.17, 15) is 14.3 Å². The van der Waals surface area contributed by atoms with Crippen molar-refractivity contribution in [2.24, 2.45) is 0 Å². The molecule has 0 saturated carbocycles. The number of hydrogen-bond donors (Lipinski definition) is 3. The highest BCUT2D eigenvalue weighted by atomic mass is 19.1. The van der Waals surface area contributed by atoms with Gasteiger partial charge in [0.1, 0.15) is 5.82 Å². The van der Waals surface area contributed by atoms with Gasteiger partial charge in [0.2, 0.25) is 0 Å². The van der Waals surface area contributed by atoms with E-state index in [1.54, 1.807) is 24.4 Å². The number of halogens is 1. The Bertz CT molecular complexity index is 889. The van der Waals surface area contributed by atoms with Crippen molar-refractivity contribution in [2.75, 3.05) is 6.54 Å². The van der Waals surface area contributed by atoms with E-state index in [1.165, 1.54) is 12.3 Å². The van der Waals surface area contributed by atoms with Gasteiger partial charge >= 0.3 is 0 Å². The van der Waals surface area contributed by atoms with E-state index >= 15 is 0 Å². The molecule has 0 saturated heterocycles. The van der Waals surface area contributed by atoms with Crippen LogP contribution in [0.2, 0.25) is 0 Å². The number of aromatic amines is 1. The summed E-state index contributed by atoms with van der Waals surface area (Å²) in [4.78, 5) is 15.3. The Morgan fingerprint density at radius 3 is 2.72 bits per heavy atom. The molecule has 1 aromatic heterocycles. The van der Waals surface area contributed by atoms with E-state index in [1.807, 2.05) is 31.2 Å². The summed E-state index contributed by atoms with van der Waals surface area (Å²) >= 11 is 0. The number of aromatic nitrogens is 1. The molecule has 0 radical (unpaired) electrons. The smallest absolute Gasteiger partial charge is 0.253 e. The quantitative estimate of drug-likeness (QED) is 0.665. The van der Waals surface area contributed by atoms with Crippen molar-refractivity contribution < 1.29 is 14.3 Å². The van der Waals surface area contributed by atoms with Crippen molar-refractivity contribution in [2.45, 2.75) is 13.0 Å². The first kappa shape index (κ1) is 16.9. The molecule has 25 heavy (non-hydrogen) atoms. The standard InChI is InChI=1S/C20H19FN2O2/c1-13-5-4-6-14(9-13)19(24)12-23-20(25)17-11-22-10-16(17)15-7-2-3-8-18(15)21/h2-11,19,22,24H,12H2,1H3,(H,23,25). The first-order valence-electron chi connectivity index (χ1n) is 8.01. The van der Waals surface area contributed by atoms with Gasteiger partial charge in [-0.3, -0.25) is 4.79 Å². The second-order valence-corrected chi connectivity index (χ2v) is 5.90. The molecular formula is C20H19FN2O2. The first-order valence-corrected chi connectivity index (χ1v) is 8.01. The molecule has 128 valence electrons. The molecule has 0 spiro atoms. The number of carbonyl (C=O) groups is 1. The van der Waals surface area contributed by atoms with Crippen molar-refractivity contribution in [1.29, 1.82) is 0 Å². The summed E-state index contributed by atoms with van der Waals surface area (Å²) in [7, 11) is 0. The number of aliphatic hydroxyl groups excluding tert-OH is 1. The molecule has 3 rings (SSSR count). The molecule has 0 bridgehead atoms. The fourth-order valence-corrected chi connectivity index (χ4v) is 2.73.